The van der Waals surface area contributed by atoms with Crippen molar-refractivity contribution in [2.75, 3.05) is 13.2 Å². The summed E-state index contributed by atoms with van der Waals surface area (Å²) in [6.45, 7) is 7.16. The van der Waals surface area contributed by atoms with Crippen molar-refractivity contribution in [3.05, 3.63) is 35.9 Å². The van der Waals surface area contributed by atoms with Crippen molar-refractivity contribution in [2.24, 2.45) is 5.73 Å². The van der Waals surface area contributed by atoms with E-state index in [0.29, 0.717) is 13.2 Å². The van der Waals surface area contributed by atoms with Crippen LogP contribution in [0.1, 0.15) is 32.4 Å². The molecule has 0 aliphatic carbocycles. The van der Waals surface area contributed by atoms with Crippen LogP contribution in [0.2, 0.25) is 0 Å². The molecule has 2 N–H and O–H groups in total. The van der Waals surface area contributed by atoms with Gasteiger partial charge in [0.2, 0.25) is 0 Å². The minimum atomic E-state index is -0.0630. The molecule has 96 valence electrons. The van der Waals surface area contributed by atoms with Crippen molar-refractivity contribution < 1.29 is 9.47 Å². The molecule has 0 radical (unpaired) electrons. The molecule has 1 aromatic carbocycles. The highest BCUT2D eigenvalue weighted by molar-refractivity contribution is 5.18. The van der Waals surface area contributed by atoms with E-state index in [-0.39, 0.29) is 18.2 Å². The van der Waals surface area contributed by atoms with Gasteiger partial charge in [-0.1, -0.05) is 30.3 Å². The summed E-state index contributed by atoms with van der Waals surface area (Å²) in [7, 11) is 0. The van der Waals surface area contributed by atoms with Gasteiger partial charge in [0.25, 0.3) is 0 Å². The second-order valence-electron chi connectivity index (χ2n) is 4.48. The van der Waals surface area contributed by atoms with Crippen molar-refractivity contribution in [1.29, 1.82) is 0 Å². The summed E-state index contributed by atoms with van der Waals surface area (Å²) < 4.78 is 11.2. The van der Waals surface area contributed by atoms with Gasteiger partial charge in [-0.15, -0.1) is 0 Å². The number of hydrogen-bond donors (Lipinski definition) is 1. The zero-order valence-corrected chi connectivity index (χ0v) is 10.9. The van der Waals surface area contributed by atoms with Gasteiger partial charge in [-0.05, 0) is 26.3 Å². The Morgan fingerprint density at radius 1 is 1.00 bits per heavy atom. The Balaban J connectivity index is 2.45. The quantitative estimate of drug-likeness (QED) is 0.741. The molecular formula is C14H23NO2. The molecule has 0 amide bonds. The molecule has 0 saturated heterocycles. The van der Waals surface area contributed by atoms with Crippen LogP contribution in [-0.2, 0) is 9.47 Å². The molecule has 3 nitrogen and oxygen atoms in total. The second kappa shape index (κ2) is 7.43. The highest BCUT2D eigenvalue weighted by Gasteiger charge is 2.16. The van der Waals surface area contributed by atoms with Gasteiger partial charge in [-0.3, -0.25) is 0 Å². The van der Waals surface area contributed by atoms with Crippen LogP contribution in [0, 0.1) is 0 Å². The first-order valence-corrected chi connectivity index (χ1v) is 6.15. The summed E-state index contributed by atoms with van der Waals surface area (Å²) >= 11 is 0. The summed E-state index contributed by atoms with van der Waals surface area (Å²) in [5.41, 5.74) is 7.06. The SMILES string of the molecule is CC(C)OCCOC(c1ccccc1)C(C)N. The minimum Gasteiger partial charge on any atom is -0.376 e. The zero-order valence-electron chi connectivity index (χ0n) is 10.9. The molecule has 0 aliphatic rings. The third-order valence-electron chi connectivity index (χ3n) is 2.44. The highest BCUT2D eigenvalue weighted by Crippen LogP contribution is 2.19. The first-order chi connectivity index (χ1) is 8.11. The Bertz CT molecular complexity index is 298. The standard InChI is InChI=1S/C14H23NO2/c1-11(2)16-9-10-17-14(12(3)15)13-7-5-4-6-8-13/h4-8,11-12,14H,9-10,15H2,1-3H3. The van der Waals surface area contributed by atoms with Gasteiger partial charge in [0.15, 0.2) is 0 Å². The molecule has 3 heteroatoms. The van der Waals surface area contributed by atoms with Crippen LogP contribution in [0.3, 0.4) is 0 Å². The first kappa shape index (κ1) is 14.2. The van der Waals surface area contributed by atoms with Crippen LogP contribution in [0.15, 0.2) is 30.3 Å². The lowest BCUT2D eigenvalue weighted by atomic mass is 10.0. The number of rotatable bonds is 7. The summed E-state index contributed by atoms with van der Waals surface area (Å²) in [4.78, 5) is 0. The normalized spacial score (nSPS) is 14.9. The minimum absolute atomic E-state index is 0.0311. The van der Waals surface area contributed by atoms with E-state index >= 15 is 0 Å². The zero-order chi connectivity index (χ0) is 12.7. The first-order valence-electron chi connectivity index (χ1n) is 6.15. The van der Waals surface area contributed by atoms with Gasteiger partial charge < -0.3 is 15.2 Å². The van der Waals surface area contributed by atoms with Gasteiger partial charge in [-0.25, -0.2) is 0 Å². The van der Waals surface area contributed by atoms with Crippen molar-refractivity contribution in [1.82, 2.24) is 0 Å². The lowest BCUT2D eigenvalue weighted by Gasteiger charge is -2.22. The van der Waals surface area contributed by atoms with Crippen LogP contribution >= 0.6 is 0 Å². The third-order valence-corrected chi connectivity index (χ3v) is 2.44. The van der Waals surface area contributed by atoms with Gasteiger partial charge >= 0.3 is 0 Å². The van der Waals surface area contributed by atoms with E-state index in [1.54, 1.807) is 0 Å². The predicted octanol–water partition coefficient (Wildman–Crippen LogP) is 2.52. The third kappa shape index (κ3) is 5.31. The fourth-order valence-electron chi connectivity index (χ4n) is 1.65. The van der Waals surface area contributed by atoms with E-state index < -0.39 is 0 Å². The maximum atomic E-state index is 5.94. The van der Waals surface area contributed by atoms with Crippen LogP contribution in [0.4, 0.5) is 0 Å². The van der Waals surface area contributed by atoms with Crippen LogP contribution in [0.5, 0.6) is 0 Å². The topological polar surface area (TPSA) is 44.5 Å². The maximum absolute atomic E-state index is 5.94. The Morgan fingerprint density at radius 3 is 2.12 bits per heavy atom. The largest absolute Gasteiger partial charge is 0.376 e. The van der Waals surface area contributed by atoms with E-state index in [9.17, 15) is 0 Å². The molecular weight excluding hydrogens is 214 g/mol. The average Bonchev–Trinajstić information content (AvgIpc) is 2.29. The maximum Gasteiger partial charge on any atom is 0.0974 e. The van der Waals surface area contributed by atoms with Crippen LogP contribution < -0.4 is 5.73 Å². The lowest BCUT2D eigenvalue weighted by molar-refractivity contribution is -0.0201. The fourth-order valence-corrected chi connectivity index (χ4v) is 1.65. The van der Waals surface area contributed by atoms with Gasteiger partial charge in [0.05, 0.1) is 25.4 Å². The van der Waals surface area contributed by atoms with Crippen molar-refractivity contribution in [3.8, 4) is 0 Å². The molecule has 1 rings (SSSR count). The monoisotopic (exact) mass is 237 g/mol. The van der Waals surface area contributed by atoms with Crippen molar-refractivity contribution in [3.63, 3.8) is 0 Å². The molecule has 0 saturated carbocycles. The molecule has 0 heterocycles. The van der Waals surface area contributed by atoms with E-state index in [0.717, 1.165) is 5.56 Å². The predicted molar refractivity (Wildman–Crippen MR) is 69.9 cm³/mol. The average molecular weight is 237 g/mol. The van der Waals surface area contributed by atoms with Crippen LogP contribution in [0.25, 0.3) is 0 Å². The van der Waals surface area contributed by atoms with E-state index in [4.69, 9.17) is 15.2 Å². The van der Waals surface area contributed by atoms with Crippen molar-refractivity contribution >= 4 is 0 Å². The summed E-state index contributed by atoms with van der Waals surface area (Å²) in [6, 6.07) is 10.0. The molecule has 0 spiro atoms. The molecule has 1 aromatic rings. The Morgan fingerprint density at radius 2 is 1.59 bits per heavy atom. The molecule has 0 bridgehead atoms. The van der Waals surface area contributed by atoms with Crippen molar-refractivity contribution in [2.45, 2.75) is 39.0 Å². The fraction of sp³-hybridized carbons (Fsp3) is 0.571. The van der Waals surface area contributed by atoms with E-state index in [2.05, 4.69) is 0 Å². The Hall–Kier alpha value is -0.900. The summed E-state index contributed by atoms with van der Waals surface area (Å²) in [6.07, 6.45) is 0.177. The lowest BCUT2D eigenvalue weighted by Crippen LogP contribution is -2.28. The van der Waals surface area contributed by atoms with E-state index in [1.807, 2.05) is 51.1 Å². The number of hydrogen-bond acceptors (Lipinski definition) is 3. The van der Waals surface area contributed by atoms with E-state index in [1.165, 1.54) is 0 Å². The Labute approximate surface area is 104 Å². The van der Waals surface area contributed by atoms with Crippen LogP contribution in [-0.4, -0.2) is 25.4 Å². The molecule has 2 atom stereocenters. The molecule has 17 heavy (non-hydrogen) atoms. The number of nitrogens with two attached hydrogens (primary N) is 1. The molecule has 0 aliphatic heterocycles. The highest BCUT2D eigenvalue weighted by atomic mass is 16.5. The summed E-state index contributed by atoms with van der Waals surface area (Å²) in [5, 5.41) is 0. The number of benzene rings is 1. The van der Waals surface area contributed by atoms with Gasteiger partial charge in [-0.2, -0.15) is 0 Å². The molecule has 0 aromatic heterocycles. The number of ether oxygens (including phenoxy) is 2. The Kier molecular flexibility index (Phi) is 6.19. The second-order valence-corrected chi connectivity index (χ2v) is 4.48. The molecule has 0 fully saturated rings. The summed E-state index contributed by atoms with van der Waals surface area (Å²) in [5.74, 6) is 0. The van der Waals surface area contributed by atoms with Gasteiger partial charge in [0.1, 0.15) is 0 Å². The molecule has 2 unspecified atom stereocenters. The van der Waals surface area contributed by atoms with Gasteiger partial charge in [0, 0.05) is 6.04 Å². The smallest absolute Gasteiger partial charge is 0.0974 e.